The molecule has 0 N–H and O–H groups in total. The summed E-state index contributed by atoms with van der Waals surface area (Å²) in [7, 11) is 0. The molecule has 0 aliphatic carbocycles. The second-order valence-corrected chi connectivity index (χ2v) is 13.6. The van der Waals surface area contributed by atoms with Gasteiger partial charge in [0.2, 0.25) is 0 Å². The first-order chi connectivity index (χ1) is 20.2. The molecule has 41 heavy (non-hydrogen) atoms. The van der Waals surface area contributed by atoms with E-state index in [0.29, 0.717) is 12.0 Å². The van der Waals surface area contributed by atoms with Gasteiger partial charge in [-0.05, 0) is 26.2 Å². The molecule has 1 aromatic heterocycles. The van der Waals surface area contributed by atoms with E-state index in [2.05, 4.69) is 44.7 Å². The van der Waals surface area contributed by atoms with Gasteiger partial charge in [0.1, 0.15) is 5.82 Å². The van der Waals surface area contributed by atoms with E-state index in [-0.39, 0.29) is 0 Å². The molecule has 0 radical (unpaired) electrons. The molecule has 0 fully saturated rings. The summed E-state index contributed by atoms with van der Waals surface area (Å²) in [5, 5.41) is 0. The van der Waals surface area contributed by atoms with Crippen LogP contribution in [-0.4, -0.2) is 9.55 Å². The Kier molecular flexibility index (Phi) is 27.3. The minimum atomic E-state index is 0.588. The number of aromatic nitrogens is 2. The third kappa shape index (κ3) is 21.5. The third-order valence-electron chi connectivity index (χ3n) is 9.66. The normalized spacial score (nSPS) is 13.2. The lowest BCUT2D eigenvalue weighted by molar-refractivity contribution is 0.425. The van der Waals surface area contributed by atoms with Gasteiger partial charge in [0.15, 0.2) is 0 Å². The zero-order valence-corrected chi connectivity index (χ0v) is 28.9. The van der Waals surface area contributed by atoms with Crippen molar-refractivity contribution in [2.24, 2.45) is 0 Å². The molecule has 0 amide bonds. The Hall–Kier alpha value is -0.790. The fourth-order valence-corrected chi connectivity index (χ4v) is 6.71. The van der Waals surface area contributed by atoms with Gasteiger partial charge in [-0.3, -0.25) is 0 Å². The Morgan fingerprint density at radius 2 is 0.829 bits per heavy atom. The Morgan fingerprint density at radius 3 is 1.20 bits per heavy atom. The summed E-state index contributed by atoms with van der Waals surface area (Å²) in [6, 6.07) is 0.588. The van der Waals surface area contributed by atoms with E-state index in [1.54, 1.807) is 0 Å². The molecule has 0 saturated carbocycles. The van der Waals surface area contributed by atoms with Crippen molar-refractivity contribution >= 4 is 0 Å². The van der Waals surface area contributed by atoms with E-state index in [1.807, 2.05) is 0 Å². The van der Waals surface area contributed by atoms with E-state index >= 15 is 0 Å². The molecule has 242 valence electrons. The number of imidazole rings is 1. The van der Waals surface area contributed by atoms with Gasteiger partial charge in [-0.1, -0.05) is 194 Å². The fraction of sp³-hybridized carbons (Fsp3) is 0.923. The van der Waals surface area contributed by atoms with Crippen LogP contribution in [0.5, 0.6) is 0 Å². The Labute approximate surface area is 259 Å². The highest BCUT2D eigenvalue weighted by Gasteiger charge is 2.18. The van der Waals surface area contributed by atoms with E-state index in [9.17, 15) is 0 Å². The summed E-state index contributed by atoms with van der Waals surface area (Å²) in [6.07, 6.45) is 47.0. The van der Waals surface area contributed by atoms with E-state index in [0.717, 1.165) is 0 Å². The number of rotatable bonds is 32. The van der Waals surface area contributed by atoms with Crippen molar-refractivity contribution in [3.05, 3.63) is 18.2 Å². The predicted octanol–water partition coefficient (Wildman–Crippen LogP) is 14.3. The van der Waals surface area contributed by atoms with Crippen LogP contribution in [0.2, 0.25) is 0 Å². The topological polar surface area (TPSA) is 17.8 Å². The first-order valence-electron chi connectivity index (χ1n) is 19.3. The van der Waals surface area contributed by atoms with Crippen molar-refractivity contribution in [2.75, 3.05) is 0 Å². The smallest absolute Gasteiger partial charge is 0.111 e. The van der Waals surface area contributed by atoms with Crippen molar-refractivity contribution in [1.82, 2.24) is 9.55 Å². The van der Waals surface area contributed by atoms with Crippen LogP contribution in [0.1, 0.15) is 238 Å². The van der Waals surface area contributed by atoms with Crippen molar-refractivity contribution < 1.29 is 0 Å². The van der Waals surface area contributed by atoms with Crippen LogP contribution in [0.3, 0.4) is 0 Å². The first kappa shape index (κ1) is 38.2. The maximum absolute atomic E-state index is 4.87. The van der Waals surface area contributed by atoms with Crippen molar-refractivity contribution in [2.45, 2.75) is 232 Å². The van der Waals surface area contributed by atoms with Crippen LogP contribution in [0.15, 0.2) is 12.4 Å². The Balaban J connectivity index is 2.05. The van der Waals surface area contributed by atoms with Gasteiger partial charge in [0.25, 0.3) is 0 Å². The molecule has 0 aliphatic rings. The third-order valence-corrected chi connectivity index (χ3v) is 9.66. The van der Waals surface area contributed by atoms with Gasteiger partial charge in [-0.2, -0.15) is 0 Å². The number of hydrogen-bond acceptors (Lipinski definition) is 1. The lowest BCUT2D eigenvalue weighted by Gasteiger charge is -2.21. The fourth-order valence-electron chi connectivity index (χ4n) is 6.71. The van der Waals surface area contributed by atoms with Gasteiger partial charge in [-0.15, -0.1) is 0 Å². The molecule has 2 nitrogen and oxygen atoms in total. The standard InChI is InChI=1S/C39H76N2/c1-5-8-10-12-14-16-18-20-21-22-23-25-27-29-31-33-37(4)41-36-35-40-39(41)38(7-3)34-32-30-28-26-24-19-17-15-13-11-9-6-2/h35-38H,5-34H2,1-4H3. The molecule has 0 spiro atoms. The zero-order valence-electron chi connectivity index (χ0n) is 28.9. The quantitative estimate of drug-likeness (QED) is 0.0785. The van der Waals surface area contributed by atoms with Crippen LogP contribution < -0.4 is 0 Å². The van der Waals surface area contributed by atoms with Crippen molar-refractivity contribution in [3.8, 4) is 0 Å². The molecule has 0 bridgehead atoms. The lowest BCUT2D eigenvalue weighted by Crippen LogP contribution is -2.12. The highest BCUT2D eigenvalue weighted by Crippen LogP contribution is 2.28. The number of hydrogen-bond donors (Lipinski definition) is 0. The zero-order chi connectivity index (χ0) is 29.6. The summed E-state index contributed by atoms with van der Waals surface area (Å²) in [4.78, 5) is 4.87. The van der Waals surface area contributed by atoms with Gasteiger partial charge >= 0.3 is 0 Å². The molecule has 2 unspecified atom stereocenters. The first-order valence-corrected chi connectivity index (χ1v) is 19.3. The van der Waals surface area contributed by atoms with Crippen LogP contribution in [0, 0.1) is 0 Å². The van der Waals surface area contributed by atoms with Crippen LogP contribution >= 0.6 is 0 Å². The molecule has 1 heterocycles. The monoisotopic (exact) mass is 573 g/mol. The largest absolute Gasteiger partial charge is 0.332 e. The van der Waals surface area contributed by atoms with Gasteiger partial charge in [0, 0.05) is 24.4 Å². The summed E-state index contributed by atoms with van der Waals surface area (Å²) in [5.74, 6) is 2.00. The van der Waals surface area contributed by atoms with Crippen molar-refractivity contribution in [3.63, 3.8) is 0 Å². The lowest BCUT2D eigenvalue weighted by atomic mass is 9.96. The van der Waals surface area contributed by atoms with E-state index < -0.39 is 0 Å². The number of nitrogens with zero attached hydrogens (tertiary/aromatic N) is 2. The summed E-state index contributed by atoms with van der Waals surface area (Å²) < 4.78 is 2.53. The highest BCUT2D eigenvalue weighted by molar-refractivity contribution is 5.02. The molecule has 0 saturated heterocycles. The predicted molar refractivity (Wildman–Crippen MR) is 185 cm³/mol. The minimum Gasteiger partial charge on any atom is -0.332 e. The number of unbranched alkanes of at least 4 members (excludes halogenated alkanes) is 25. The molecule has 0 aliphatic heterocycles. The van der Waals surface area contributed by atoms with E-state index in [1.165, 1.54) is 198 Å². The second-order valence-electron chi connectivity index (χ2n) is 13.6. The van der Waals surface area contributed by atoms with Gasteiger partial charge < -0.3 is 4.57 Å². The molecule has 0 aromatic carbocycles. The van der Waals surface area contributed by atoms with Gasteiger partial charge in [0.05, 0.1) is 0 Å². The molecular formula is C39H76N2. The van der Waals surface area contributed by atoms with Crippen molar-refractivity contribution in [1.29, 1.82) is 0 Å². The maximum Gasteiger partial charge on any atom is 0.111 e. The van der Waals surface area contributed by atoms with Crippen LogP contribution in [0.4, 0.5) is 0 Å². The second kappa shape index (κ2) is 29.3. The molecular weight excluding hydrogens is 496 g/mol. The molecule has 1 aromatic rings. The average molecular weight is 573 g/mol. The average Bonchev–Trinajstić information content (AvgIpc) is 3.47. The summed E-state index contributed by atoms with van der Waals surface area (Å²) >= 11 is 0. The Bertz CT molecular complexity index is 635. The SMILES string of the molecule is CCCCCCCCCCCCCCCCCC(C)n1ccnc1C(CC)CCCCCCCCCCCCCC. The summed E-state index contributed by atoms with van der Waals surface area (Å²) in [5.41, 5.74) is 0. The van der Waals surface area contributed by atoms with Crippen LogP contribution in [0.25, 0.3) is 0 Å². The Morgan fingerprint density at radius 1 is 0.488 bits per heavy atom. The van der Waals surface area contributed by atoms with E-state index in [4.69, 9.17) is 4.98 Å². The molecule has 2 atom stereocenters. The molecule has 2 heteroatoms. The summed E-state index contributed by atoms with van der Waals surface area (Å²) in [6.45, 7) is 9.40. The highest BCUT2D eigenvalue weighted by atomic mass is 15.1. The molecule has 1 rings (SSSR count). The minimum absolute atomic E-state index is 0.588. The van der Waals surface area contributed by atoms with Crippen LogP contribution in [-0.2, 0) is 0 Å². The van der Waals surface area contributed by atoms with Gasteiger partial charge in [-0.25, -0.2) is 4.98 Å². The maximum atomic E-state index is 4.87.